The molecule has 7 aromatic heterocycles. The smallest absolute Gasteiger partial charge is 0.174 e. The van der Waals surface area contributed by atoms with Crippen LogP contribution in [0.25, 0.3) is 86.9 Å². The predicted molar refractivity (Wildman–Crippen MR) is 370 cm³/mol. The van der Waals surface area contributed by atoms with E-state index in [2.05, 4.69) is 61.9 Å². The standard InChI is InChI=1S/C72H106N8S4/c1-5-9-13-17-21-25-29-33-37-41-45-53-49-57-61(81-53)69-73-65(57)77-70-62-59(51-55(82-62)47-43-39-35-31-27-23-19-15-11-7-3)67(75-70)79-72-64-60(52-56(84-64)48-44-40-36-32-28-24-20-16-12-8-4)68(76-72)80-71-63-58(66(74-71)78-69)50-54(83-63)46-42-38-34-30-26-22-18-14-10-6-2/h49-52H,5-48H2,1-4H3,(H2,73,74,75,76,77,78,79,80). The van der Waals surface area contributed by atoms with E-state index in [-0.39, 0.29) is 0 Å². The molecule has 9 rings (SSSR count). The molecule has 2 aliphatic rings. The van der Waals surface area contributed by atoms with Gasteiger partial charge in [-0.1, -0.05) is 259 Å². The normalized spacial score (nSPS) is 12.2. The van der Waals surface area contributed by atoms with Gasteiger partial charge in [0.15, 0.2) is 34.6 Å². The van der Waals surface area contributed by atoms with E-state index in [1.54, 1.807) is 0 Å². The molecule has 8 nitrogen and oxygen atoms in total. The summed E-state index contributed by atoms with van der Waals surface area (Å²) in [6, 6.07) is 9.58. The minimum absolute atomic E-state index is 0.742. The third-order valence-corrected chi connectivity index (χ3v) is 22.6. The molecule has 0 aromatic carbocycles. The van der Waals surface area contributed by atoms with Crippen LogP contribution in [-0.2, 0) is 25.7 Å². The molecule has 2 aliphatic heterocycles. The second-order valence-corrected chi connectivity index (χ2v) is 29.7. The first-order valence-corrected chi connectivity index (χ1v) is 38.1. The lowest BCUT2D eigenvalue weighted by molar-refractivity contribution is 0.557. The second-order valence-electron chi connectivity index (χ2n) is 25.2. The molecule has 7 aromatic rings. The molecule has 0 saturated heterocycles. The number of hydrogen-bond acceptors (Lipinski definition) is 10. The van der Waals surface area contributed by atoms with Crippen LogP contribution in [-0.4, -0.2) is 39.9 Å². The highest BCUT2D eigenvalue weighted by Crippen LogP contribution is 2.45. The zero-order chi connectivity index (χ0) is 58.0. The summed E-state index contributed by atoms with van der Waals surface area (Å²) in [5, 5.41) is 2.26. The monoisotopic (exact) mass is 1210 g/mol. The summed E-state index contributed by atoms with van der Waals surface area (Å²) in [5.41, 5.74) is 5.54. The Hall–Kier alpha value is -3.84. The van der Waals surface area contributed by atoms with Gasteiger partial charge in [-0.05, 0) is 75.6 Å². The Kier molecular flexibility index (Phi) is 27.6. The number of nitrogens with one attached hydrogen (secondary N) is 2. The molecule has 0 unspecified atom stereocenters. The Balaban J connectivity index is 1.04. The molecule has 12 heteroatoms. The van der Waals surface area contributed by atoms with Crippen molar-refractivity contribution in [3.63, 3.8) is 0 Å². The third-order valence-electron chi connectivity index (χ3n) is 17.8. The number of nitrogens with zero attached hydrogens (tertiary/aromatic N) is 6. The first-order chi connectivity index (χ1) is 41.5. The Labute approximate surface area is 522 Å². The lowest BCUT2D eigenvalue weighted by Gasteiger charge is -2.02. The van der Waals surface area contributed by atoms with Crippen molar-refractivity contribution in [2.24, 2.45) is 0 Å². The van der Waals surface area contributed by atoms with E-state index in [4.69, 9.17) is 29.9 Å². The first kappa shape index (κ1) is 64.6. The van der Waals surface area contributed by atoms with Crippen LogP contribution >= 0.6 is 45.3 Å². The van der Waals surface area contributed by atoms with Gasteiger partial charge >= 0.3 is 0 Å². The number of rotatable bonds is 44. The average molecular weight is 1210 g/mol. The van der Waals surface area contributed by atoms with Crippen molar-refractivity contribution < 1.29 is 0 Å². The van der Waals surface area contributed by atoms with E-state index in [0.29, 0.717) is 0 Å². The zero-order valence-corrected chi connectivity index (χ0v) is 56.0. The predicted octanol–water partition coefficient (Wildman–Crippen LogP) is 25.0. The molecular weight excluding hydrogens is 1110 g/mol. The number of H-pyrrole nitrogens is 2. The number of thiophene rings is 4. The molecule has 8 bridgehead atoms. The van der Waals surface area contributed by atoms with Crippen molar-refractivity contribution in [3.8, 4) is 44.2 Å². The molecule has 2 N–H and O–H groups in total. The van der Waals surface area contributed by atoms with Gasteiger partial charge in [0.25, 0.3) is 0 Å². The van der Waals surface area contributed by atoms with Crippen molar-refractivity contribution in [2.75, 3.05) is 0 Å². The Morgan fingerprint density at radius 1 is 0.262 bits per heavy atom. The van der Waals surface area contributed by atoms with Crippen LogP contribution < -0.4 is 0 Å². The fourth-order valence-corrected chi connectivity index (χ4v) is 17.3. The van der Waals surface area contributed by atoms with Gasteiger partial charge in [-0.3, -0.25) is 0 Å². The maximum atomic E-state index is 5.54. The highest BCUT2D eigenvalue weighted by Gasteiger charge is 2.27. The van der Waals surface area contributed by atoms with E-state index in [9.17, 15) is 0 Å². The lowest BCUT2D eigenvalue weighted by Crippen LogP contribution is -1.86. The van der Waals surface area contributed by atoms with E-state index < -0.39 is 0 Å². The van der Waals surface area contributed by atoms with Gasteiger partial charge in [0.05, 0.1) is 19.2 Å². The van der Waals surface area contributed by atoms with Crippen LogP contribution in [0, 0.1) is 0 Å². The Bertz CT molecular complexity index is 2840. The second kappa shape index (κ2) is 35.8. The summed E-state index contributed by atoms with van der Waals surface area (Å²) in [6.45, 7) is 9.22. The highest BCUT2D eigenvalue weighted by atomic mass is 32.1. The quantitative estimate of drug-likeness (QED) is 0.0368. The van der Waals surface area contributed by atoms with Crippen molar-refractivity contribution in [1.29, 1.82) is 0 Å². The molecule has 0 spiro atoms. The van der Waals surface area contributed by atoms with Crippen molar-refractivity contribution >= 4 is 88.1 Å². The fraction of sp³-hybridized carbons (Fsp3) is 0.667. The van der Waals surface area contributed by atoms with Crippen molar-refractivity contribution in [1.82, 2.24) is 39.9 Å². The topological polar surface area (TPSA) is 109 Å². The number of aromatic amines is 2. The van der Waals surface area contributed by atoms with Crippen LogP contribution in [0.5, 0.6) is 0 Å². The molecule has 0 aliphatic carbocycles. The van der Waals surface area contributed by atoms with Gasteiger partial charge in [0.2, 0.25) is 0 Å². The molecule has 9 heterocycles. The molecule has 0 saturated carbocycles. The molecular formula is C72H106N8S4. The number of unbranched alkanes of at least 4 members (excludes halogenated alkanes) is 36. The largest absolute Gasteiger partial charge is 0.323 e. The highest BCUT2D eigenvalue weighted by molar-refractivity contribution is 7.20. The summed E-state index contributed by atoms with van der Waals surface area (Å²) in [7, 11) is 0. The number of aryl methyl sites for hydroxylation is 4. The van der Waals surface area contributed by atoms with Gasteiger partial charge < -0.3 is 9.97 Å². The van der Waals surface area contributed by atoms with Crippen LogP contribution in [0.1, 0.15) is 304 Å². The summed E-state index contributed by atoms with van der Waals surface area (Å²) < 4.78 is 2.30. The van der Waals surface area contributed by atoms with E-state index in [0.717, 1.165) is 113 Å². The van der Waals surface area contributed by atoms with Crippen LogP contribution in [0.15, 0.2) is 24.3 Å². The van der Waals surface area contributed by atoms with E-state index in [1.165, 1.54) is 276 Å². The number of fused-ring (bicyclic) bond motifs is 20. The van der Waals surface area contributed by atoms with Crippen molar-refractivity contribution in [3.05, 3.63) is 43.8 Å². The summed E-state index contributed by atoms with van der Waals surface area (Å²) in [5.74, 6) is 2.98. The van der Waals surface area contributed by atoms with Crippen LogP contribution in [0.4, 0.5) is 0 Å². The van der Waals surface area contributed by atoms with Crippen molar-refractivity contribution in [2.45, 2.75) is 310 Å². The van der Waals surface area contributed by atoms with Crippen LogP contribution in [0.2, 0.25) is 0 Å². The van der Waals surface area contributed by atoms with E-state index in [1.807, 2.05) is 45.3 Å². The summed E-state index contributed by atoms with van der Waals surface area (Å²) >= 11 is 7.51. The van der Waals surface area contributed by atoms with Gasteiger partial charge in [0, 0.05) is 41.4 Å². The number of aromatic nitrogens is 8. The minimum Gasteiger partial charge on any atom is -0.323 e. The molecule has 458 valence electrons. The summed E-state index contributed by atoms with van der Waals surface area (Å²) in [6.07, 6.45) is 57.9. The van der Waals surface area contributed by atoms with Gasteiger partial charge in [-0.25, -0.2) is 29.9 Å². The van der Waals surface area contributed by atoms with Gasteiger partial charge in [-0.15, -0.1) is 45.3 Å². The maximum Gasteiger partial charge on any atom is 0.174 e. The summed E-state index contributed by atoms with van der Waals surface area (Å²) in [4.78, 5) is 48.3. The van der Waals surface area contributed by atoms with Gasteiger partial charge in [0.1, 0.15) is 11.3 Å². The molecule has 0 amide bonds. The number of hydrogen-bond donors (Lipinski definition) is 2. The van der Waals surface area contributed by atoms with Gasteiger partial charge in [-0.2, -0.15) is 0 Å². The van der Waals surface area contributed by atoms with Crippen LogP contribution in [0.3, 0.4) is 0 Å². The SMILES string of the molecule is CCCCCCCCCCCCc1cc2c(s1)-c1nc-2nc2[nH]c(nc3nc(nc4[nH]c(n1)c1cc(CCCCCCCCCCCC)sc41)-c1cc(CCCCCCCCCCCC)sc1-3)c1cc(CCCCCCCCCCCC)sc21. The third kappa shape index (κ3) is 19.1. The molecule has 0 fully saturated rings. The zero-order valence-electron chi connectivity index (χ0n) is 52.7. The molecule has 0 atom stereocenters. The minimum atomic E-state index is 0.742. The average Bonchev–Trinajstić information content (AvgIpc) is 3.02. The molecule has 84 heavy (non-hydrogen) atoms. The lowest BCUT2D eigenvalue weighted by atomic mass is 10.1. The maximum absolute atomic E-state index is 5.54. The Morgan fingerprint density at radius 3 is 0.798 bits per heavy atom. The first-order valence-electron chi connectivity index (χ1n) is 34.9. The Morgan fingerprint density at radius 2 is 0.512 bits per heavy atom. The van der Waals surface area contributed by atoms with E-state index >= 15 is 0 Å². The fourth-order valence-electron chi connectivity index (χ4n) is 12.8. The molecule has 0 radical (unpaired) electrons.